The van der Waals surface area contributed by atoms with Gasteiger partial charge in [0.25, 0.3) is 0 Å². The summed E-state index contributed by atoms with van der Waals surface area (Å²) in [5, 5.41) is 8.40. The molecule has 5 heteroatoms. The molecule has 17 heavy (non-hydrogen) atoms. The molecule has 1 atom stereocenters. The van der Waals surface area contributed by atoms with Crippen molar-refractivity contribution >= 4 is 40.5 Å². The van der Waals surface area contributed by atoms with E-state index in [4.69, 9.17) is 34.8 Å². The third-order valence-corrected chi connectivity index (χ3v) is 4.00. The van der Waals surface area contributed by atoms with Gasteiger partial charge in [-0.25, -0.2) is 0 Å². The summed E-state index contributed by atoms with van der Waals surface area (Å²) in [5.74, 6) is 0. The average Bonchev–Trinajstić information content (AvgIpc) is 2.33. The van der Waals surface area contributed by atoms with Crippen molar-refractivity contribution in [1.82, 2.24) is 5.32 Å². The maximum Gasteiger partial charge on any atom is 0.0653 e. The van der Waals surface area contributed by atoms with E-state index in [0.717, 1.165) is 18.8 Å². The first kappa shape index (κ1) is 13.3. The quantitative estimate of drug-likeness (QED) is 0.816. The number of rotatable bonds is 3. The Balaban J connectivity index is 1.96. The summed E-state index contributed by atoms with van der Waals surface area (Å²) < 4.78 is 0. The molecule has 1 fully saturated rings. The summed E-state index contributed by atoms with van der Waals surface area (Å²) in [6.07, 6.45) is 3.75. The molecule has 0 spiro atoms. The zero-order valence-electron chi connectivity index (χ0n) is 9.40. The zero-order valence-corrected chi connectivity index (χ0v) is 11.7. The molecule has 1 heterocycles. The van der Waals surface area contributed by atoms with Gasteiger partial charge >= 0.3 is 0 Å². The summed E-state index contributed by atoms with van der Waals surface area (Å²) in [5.41, 5.74) is 0.841. The molecule has 1 aliphatic rings. The lowest BCUT2D eigenvalue weighted by molar-refractivity contribution is 0.414. The molecule has 1 aliphatic heterocycles. The van der Waals surface area contributed by atoms with E-state index in [1.807, 2.05) is 0 Å². The lowest BCUT2D eigenvalue weighted by Crippen LogP contribution is -2.39. The van der Waals surface area contributed by atoms with Crippen LogP contribution in [0.25, 0.3) is 0 Å². The second kappa shape index (κ2) is 6.14. The standard InChI is InChI=1S/C12H15Cl3N2/c13-9-5-11(15)12(6-10(9)14)17-7-8-3-1-2-4-16-8/h5-6,8,16-17H,1-4,7H2. The molecule has 0 aromatic heterocycles. The molecule has 0 amide bonds. The van der Waals surface area contributed by atoms with Crippen molar-refractivity contribution in [3.8, 4) is 0 Å². The summed E-state index contributed by atoms with van der Waals surface area (Å²) in [6.45, 7) is 1.96. The number of halogens is 3. The fraction of sp³-hybridized carbons (Fsp3) is 0.500. The second-order valence-electron chi connectivity index (χ2n) is 4.27. The molecule has 1 aromatic carbocycles. The van der Waals surface area contributed by atoms with E-state index in [1.165, 1.54) is 19.3 Å². The second-order valence-corrected chi connectivity index (χ2v) is 5.50. The molecule has 1 saturated heterocycles. The van der Waals surface area contributed by atoms with Crippen molar-refractivity contribution in [3.05, 3.63) is 27.2 Å². The van der Waals surface area contributed by atoms with Crippen molar-refractivity contribution < 1.29 is 0 Å². The number of hydrogen-bond donors (Lipinski definition) is 2. The smallest absolute Gasteiger partial charge is 0.0653 e. The molecule has 2 nitrogen and oxygen atoms in total. The molecule has 2 N–H and O–H groups in total. The van der Waals surface area contributed by atoms with E-state index in [0.29, 0.717) is 21.1 Å². The Bertz CT molecular complexity index is 390. The van der Waals surface area contributed by atoms with Gasteiger partial charge in [0.15, 0.2) is 0 Å². The van der Waals surface area contributed by atoms with E-state index in [1.54, 1.807) is 12.1 Å². The van der Waals surface area contributed by atoms with Gasteiger partial charge in [-0.2, -0.15) is 0 Å². The van der Waals surface area contributed by atoms with Crippen LogP contribution in [-0.4, -0.2) is 19.1 Å². The SMILES string of the molecule is Clc1cc(Cl)c(NCC2CCCCN2)cc1Cl. The Morgan fingerprint density at radius 1 is 1.12 bits per heavy atom. The van der Waals surface area contributed by atoms with Gasteiger partial charge in [0, 0.05) is 12.6 Å². The van der Waals surface area contributed by atoms with E-state index in [2.05, 4.69) is 10.6 Å². The van der Waals surface area contributed by atoms with Gasteiger partial charge in [0.2, 0.25) is 0 Å². The Labute approximate surface area is 117 Å². The Morgan fingerprint density at radius 2 is 1.88 bits per heavy atom. The lowest BCUT2D eigenvalue weighted by atomic mass is 10.1. The van der Waals surface area contributed by atoms with Gasteiger partial charge in [0.1, 0.15) is 0 Å². The fourth-order valence-corrected chi connectivity index (χ4v) is 2.60. The monoisotopic (exact) mass is 292 g/mol. The number of anilines is 1. The molecular formula is C12H15Cl3N2. The minimum atomic E-state index is 0.484. The summed E-state index contributed by atoms with van der Waals surface area (Å²) in [4.78, 5) is 0. The topological polar surface area (TPSA) is 24.1 Å². The van der Waals surface area contributed by atoms with E-state index in [-0.39, 0.29) is 0 Å². The van der Waals surface area contributed by atoms with Crippen molar-refractivity contribution in [2.24, 2.45) is 0 Å². The zero-order chi connectivity index (χ0) is 12.3. The largest absolute Gasteiger partial charge is 0.382 e. The van der Waals surface area contributed by atoms with E-state index < -0.39 is 0 Å². The maximum atomic E-state index is 6.09. The van der Waals surface area contributed by atoms with Gasteiger partial charge in [-0.15, -0.1) is 0 Å². The van der Waals surface area contributed by atoms with Crippen LogP contribution < -0.4 is 10.6 Å². The molecule has 94 valence electrons. The number of hydrogen-bond acceptors (Lipinski definition) is 2. The van der Waals surface area contributed by atoms with Crippen LogP contribution in [0.2, 0.25) is 15.1 Å². The molecule has 0 radical (unpaired) electrons. The summed E-state index contributed by atoms with van der Waals surface area (Å²) >= 11 is 17.9. The Hall–Kier alpha value is -0.150. The fourth-order valence-electron chi connectivity index (χ4n) is 1.99. The van der Waals surface area contributed by atoms with Crippen LogP contribution in [0.4, 0.5) is 5.69 Å². The molecule has 1 aromatic rings. The van der Waals surface area contributed by atoms with Crippen LogP contribution in [0.15, 0.2) is 12.1 Å². The van der Waals surface area contributed by atoms with Gasteiger partial charge in [-0.05, 0) is 31.5 Å². The number of nitrogens with one attached hydrogen (secondary N) is 2. The van der Waals surface area contributed by atoms with E-state index >= 15 is 0 Å². The number of piperidine rings is 1. The summed E-state index contributed by atoms with van der Waals surface area (Å²) in [7, 11) is 0. The molecule has 2 rings (SSSR count). The van der Waals surface area contributed by atoms with Crippen LogP contribution in [-0.2, 0) is 0 Å². The van der Waals surface area contributed by atoms with Crippen molar-refractivity contribution in [2.45, 2.75) is 25.3 Å². The van der Waals surface area contributed by atoms with Gasteiger partial charge < -0.3 is 10.6 Å². The van der Waals surface area contributed by atoms with Crippen LogP contribution in [0.3, 0.4) is 0 Å². The lowest BCUT2D eigenvalue weighted by Gasteiger charge is -2.24. The van der Waals surface area contributed by atoms with Gasteiger partial charge in [-0.1, -0.05) is 41.2 Å². The van der Waals surface area contributed by atoms with Gasteiger partial charge in [-0.3, -0.25) is 0 Å². The molecular weight excluding hydrogens is 279 g/mol. The maximum absolute atomic E-state index is 6.09. The Morgan fingerprint density at radius 3 is 2.59 bits per heavy atom. The minimum Gasteiger partial charge on any atom is -0.382 e. The third kappa shape index (κ3) is 3.65. The first-order chi connectivity index (χ1) is 8.16. The van der Waals surface area contributed by atoms with E-state index in [9.17, 15) is 0 Å². The first-order valence-corrected chi connectivity index (χ1v) is 6.92. The third-order valence-electron chi connectivity index (χ3n) is 2.96. The molecule has 0 bridgehead atoms. The first-order valence-electron chi connectivity index (χ1n) is 5.78. The highest BCUT2D eigenvalue weighted by Crippen LogP contribution is 2.32. The highest BCUT2D eigenvalue weighted by atomic mass is 35.5. The average molecular weight is 294 g/mol. The number of benzene rings is 1. The van der Waals surface area contributed by atoms with Crippen LogP contribution in [0, 0.1) is 0 Å². The van der Waals surface area contributed by atoms with Crippen molar-refractivity contribution in [3.63, 3.8) is 0 Å². The van der Waals surface area contributed by atoms with Crippen molar-refractivity contribution in [2.75, 3.05) is 18.4 Å². The van der Waals surface area contributed by atoms with Crippen LogP contribution >= 0.6 is 34.8 Å². The minimum absolute atomic E-state index is 0.484. The highest BCUT2D eigenvalue weighted by Gasteiger charge is 2.13. The highest BCUT2D eigenvalue weighted by molar-refractivity contribution is 6.44. The molecule has 0 saturated carbocycles. The predicted molar refractivity (Wildman–Crippen MR) is 75.6 cm³/mol. The van der Waals surface area contributed by atoms with Crippen LogP contribution in [0.5, 0.6) is 0 Å². The molecule has 1 unspecified atom stereocenters. The predicted octanol–water partition coefficient (Wildman–Crippen LogP) is 4.20. The Kier molecular flexibility index (Phi) is 4.80. The van der Waals surface area contributed by atoms with Gasteiger partial charge in [0.05, 0.1) is 20.8 Å². The van der Waals surface area contributed by atoms with Crippen LogP contribution in [0.1, 0.15) is 19.3 Å². The van der Waals surface area contributed by atoms with Crippen molar-refractivity contribution in [1.29, 1.82) is 0 Å². The normalized spacial score (nSPS) is 20.3. The molecule has 0 aliphatic carbocycles. The summed E-state index contributed by atoms with van der Waals surface area (Å²) in [6, 6.07) is 3.95.